The number of benzene rings is 2. The van der Waals surface area contributed by atoms with Crippen molar-refractivity contribution in [1.29, 1.82) is 0 Å². The normalized spacial score (nSPS) is 10.8. The van der Waals surface area contributed by atoms with E-state index in [9.17, 15) is 18.4 Å². The summed E-state index contributed by atoms with van der Waals surface area (Å²) >= 11 is 5.74. The molecule has 0 heterocycles. The van der Waals surface area contributed by atoms with Crippen molar-refractivity contribution in [3.05, 3.63) is 64.7 Å². The van der Waals surface area contributed by atoms with Crippen LogP contribution >= 0.6 is 11.6 Å². The fraction of sp³-hybridized carbons (Fsp3) is 0.158. The lowest BCUT2D eigenvalue weighted by atomic mass is 10.2. The van der Waals surface area contributed by atoms with Crippen LogP contribution in [0.5, 0.6) is 11.5 Å². The minimum atomic E-state index is -2.98. The quantitative estimate of drug-likeness (QED) is 0.537. The maximum absolute atomic E-state index is 12.4. The predicted octanol–water partition coefficient (Wildman–Crippen LogP) is 3.81. The van der Waals surface area contributed by atoms with Crippen LogP contribution in [0.3, 0.4) is 0 Å². The molecule has 0 fully saturated rings. The number of carbonyl (C=O) groups is 2. The van der Waals surface area contributed by atoms with E-state index in [4.69, 9.17) is 16.3 Å². The number of alkyl halides is 2. The predicted molar refractivity (Wildman–Crippen MR) is 100 cm³/mol. The summed E-state index contributed by atoms with van der Waals surface area (Å²) in [4.78, 5) is 23.7. The number of hydrogen-bond donors (Lipinski definition) is 2. The monoisotopic (exact) mass is 410 g/mol. The van der Waals surface area contributed by atoms with Crippen molar-refractivity contribution in [3.63, 3.8) is 0 Å². The van der Waals surface area contributed by atoms with Crippen molar-refractivity contribution in [2.45, 2.75) is 13.5 Å². The number of halogens is 3. The minimum absolute atomic E-state index is 0.103. The van der Waals surface area contributed by atoms with Gasteiger partial charge in [0.1, 0.15) is 0 Å². The molecular weight excluding hydrogens is 394 g/mol. The summed E-state index contributed by atoms with van der Waals surface area (Å²) in [6.07, 6.45) is 2.60. The SMILES string of the molecule is CCOc1cc(/C=C/C(=O)NNC(=O)c2ccc(Cl)cc2)ccc1OC(F)F. The molecule has 2 rings (SSSR count). The van der Waals surface area contributed by atoms with Gasteiger partial charge in [0.25, 0.3) is 11.8 Å². The third-order valence-electron chi connectivity index (χ3n) is 3.32. The number of ether oxygens (including phenoxy) is 2. The lowest BCUT2D eigenvalue weighted by Crippen LogP contribution is -2.40. The van der Waals surface area contributed by atoms with E-state index >= 15 is 0 Å². The lowest BCUT2D eigenvalue weighted by molar-refractivity contribution is -0.117. The average Bonchev–Trinajstić information content (AvgIpc) is 2.66. The zero-order valence-electron chi connectivity index (χ0n) is 14.7. The Morgan fingerprint density at radius 1 is 1.11 bits per heavy atom. The Labute approximate surface area is 165 Å². The first-order valence-corrected chi connectivity index (χ1v) is 8.52. The highest BCUT2D eigenvalue weighted by Crippen LogP contribution is 2.30. The van der Waals surface area contributed by atoms with Gasteiger partial charge in [-0.05, 0) is 55.0 Å². The topological polar surface area (TPSA) is 76.7 Å². The molecule has 0 spiro atoms. The van der Waals surface area contributed by atoms with Crippen LogP contribution in [0.15, 0.2) is 48.5 Å². The second-order valence-electron chi connectivity index (χ2n) is 5.30. The molecule has 9 heteroatoms. The van der Waals surface area contributed by atoms with Gasteiger partial charge in [-0.1, -0.05) is 17.7 Å². The zero-order valence-corrected chi connectivity index (χ0v) is 15.5. The smallest absolute Gasteiger partial charge is 0.387 e. The summed E-state index contributed by atoms with van der Waals surface area (Å²) in [6.45, 7) is -1.02. The summed E-state index contributed by atoms with van der Waals surface area (Å²) in [5.74, 6) is -1.08. The van der Waals surface area contributed by atoms with Gasteiger partial charge in [-0.3, -0.25) is 20.4 Å². The van der Waals surface area contributed by atoms with Crippen molar-refractivity contribution in [2.24, 2.45) is 0 Å². The van der Waals surface area contributed by atoms with E-state index in [2.05, 4.69) is 15.6 Å². The van der Waals surface area contributed by atoms with E-state index in [-0.39, 0.29) is 18.1 Å². The largest absolute Gasteiger partial charge is 0.490 e. The standard InChI is InChI=1S/C19H17ClF2N2O4/c1-2-27-16-11-12(3-9-15(16)28-19(21)22)4-10-17(25)23-24-18(26)13-5-7-14(20)8-6-13/h3-11,19H,2H2,1H3,(H,23,25)(H,24,26)/b10-4+. The van der Waals surface area contributed by atoms with Crippen molar-refractivity contribution < 1.29 is 27.8 Å². The Morgan fingerprint density at radius 3 is 2.46 bits per heavy atom. The highest BCUT2D eigenvalue weighted by Gasteiger charge is 2.11. The van der Waals surface area contributed by atoms with Crippen molar-refractivity contribution in [1.82, 2.24) is 10.9 Å². The van der Waals surface area contributed by atoms with Gasteiger partial charge in [-0.25, -0.2) is 0 Å². The van der Waals surface area contributed by atoms with Gasteiger partial charge in [-0.2, -0.15) is 8.78 Å². The molecule has 28 heavy (non-hydrogen) atoms. The highest BCUT2D eigenvalue weighted by atomic mass is 35.5. The van der Waals surface area contributed by atoms with Gasteiger partial charge in [0.15, 0.2) is 11.5 Å². The highest BCUT2D eigenvalue weighted by molar-refractivity contribution is 6.30. The lowest BCUT2D eigenvalue weighted by Gasteiger charge is -2.11. The second-order valence-corrected chi connectivity index (χ2v) is 5.74. The van der Waals surface area contributed by atoms with Gasteiger partial charge >= 0.3 is 6.61 Å². The van der Waals surface area contributed by atoms with Gasteiger partial charge in [0.05, 0.1) is 6.61 Å². The molecule has 0 unspecified atom stereocenters. The van der Waals surface area contributed by atoms with Crippen molar-refractivity contribution in [3.8, 4) is 11.5 Å². The van der Waals surface area contributed by atoms with Crippen LogP contribution in [-0.4, -0.2) is 25.0 Å². The maximum atomic E-state index is 12.4. The number of rotatable bonds is 7. The van der Waals surface area contributed by atoms with Crippen LogP contribution in [-0.2, 0) is 4.79 Å². The molecule has 0 radical (unpaired) electrons. The van der Waals surface area contributed by atoms with E-state index < -0.39 is 18.4 Å². The molecule has 0 aliphatic rings. The van der Waals surface area contributed by atoms with Gasteiger partial charge in [-0.15, -0.1) is 0 Å². The summed E-state index contributed by atoms with van der Waals surface area (Å²) < 4.78 is 34.4. The molecule has 0 bridgehead atoms. The van der Waals surface area contributed by atoms with Crippen LogP contribution in [0.25, 0.3) is 6.08 Å². The summed E-state index contributed by atoms with van der Waals surface area (Å²) in [5, 5.41) is 0.486. The Bertz CT molecular complexity index is 858. The number of hydrogen-bond acceptors (Lipinski definition) is 4. The molecule has 148 valence electrons. The van der Waals surface area contributed by atoms with Gasteiger partial charge in [0.2, 0.25) is 0 Å². The summed E-state index contributed by atoms with van der Waals surface area (Å²) in [6, 6.07) is 10.4. The van der Waals surface area contributed by atoms with Crippen LogP contribution < -0.4 is 20.3 Å². The third kappa shape index (κ3) is 6.55. The third-order valence-corrected chi connectivity index (χ3v) is 3.57. The Morgan fingerprint density at radius 2 is 1.82 bits per heavy atom. The van der Waals surface area contributed by atoms with Crippen molar-refractivity contribution >= 4 is 29.5 Å². The molecule has 0 saturated carbocycles. The summed E-state index contributed by atoms with van der Waals surface area (Å²) in [5.41, 5.74) is 5.33. The van der Waals surface area contributed by atoms with Gasteiger partial charge < -0.3 is 9.47 Å². The number of nitrogens with one attached hydrogen (secondary N) is 2. The fourth-order valence-electron chi connectivity index (χ4n) is 2.10. The fourth-order valence-corrected chi connectivity index (χ4v) is 2.22. The van der Waals surface area contributed by atoms with E-state index in [1.165, 1.54) is 42.5 Å². The van der Waals surface area contributed by atoms with E-state index in [1.54, 1.807) is 19.1 Å². The molecule has 2 aromatic rings. The molecule has 0 saturated heterocycles. The van der Waals surface area contributed by atoms with Crippen LogP contribution in [0, 0.1) is 0 Å². The van der Waals surface area contributed by atoms with Gasteiger partial charge in [0, 0.05) is 16.7 Å². The molecule has 6 nitrogen and oxygen atoms in total. The molecule has 2 amide bonds. The molecule has 2 aromatic carbocycles. The first-order valence-electron chi connectivity index (χ1n) is 8.14. The summed E-state index contributed by atoms with van der Waals surface area (Å²) in [7, 11) is 0. The first-order chi connectivity index (χ1) is 13.4. The van der Waals surface area contributed by atoms with E-state index in [1.807, 2.05) is 0 Å². The first kappa shape index (κ1) is 21.2. The van der Waals surface area contributed by atoms with Crippen LogP contribution in [0.1, 0.15) is 22.8 Å². The number of amides is 2. The Balaban J connectivity index is 1.96. The molecule has 0 aromatic heterocycles. The zero-order chi connectivity index (χ0) is 20.5. The number of carbonyl (C=O) groups excluding carboxylic acids is 2. The van der Waals surface area contributed by atoms with E-state index in [0.717, 1.165) is 0 Å². The van der Waals surface area contributed by atoms with Crippen molar-refractivity contribution in [2.75, 3.05) is 6.61 Å². The second kappa shape index (κ2) is 10.3. The van der Waals surface area contributed by atoms with Crippen LogP contribution in [0.4, 0.5) is 8.78 Å². The Kier molecular flexibility index (Phi) is 7.76. The van der Waals surface area contributed by atoms with E-state index in [0.29, 0.717) is 16.1 Å². The average molecular weight is 411 g/mol. The van der Waals surface area contributed by atoms with Crippen LogP contribution in [0.2, 0.25) is 5.02 Å². The molecule has 0 aliphatic carbocycles. The minimum Gasteiger partial charge on any atom is -0.490 e. The maximum Gasteiger partial charge on any atom is 0.387 e. The molecule has 2 N–H and O–H groups in total. The number of hydrazine groups is 1. The molecule has 0 atom stereocenters. The molecular formula is C19H17ClF2N2O4. The molecule has 0 aliphatic heterocycles. The Hall–Kier alpha value is -3.13.